The van der Waals surface area contributed by atoms with E-state index in [-0.39, 0.29) is 46.9 Å². The standard InChI is InChI=1S/C38H45N3O8S/c1-25(2)31-20-29-23-41(38(45)33(39-26(3)42)19-27-11-7-5-8-12-27)18-17-34(29)49-37(31)32-21-30(15-16-35(32)48-24-36(43)44)50(46,47)40(4)22-28-13-9-6-10-14-28/h5-16,21,29,31,33-34,37H,1,17-20,22-24H2,2-4H3,(H,39,42)(H,43,44)/t29-,31-,33+,34+,37+/m1/s1. The van der Waals surface area contributed by atoms with E-state index in [9.17, 15) is 27.9 Å². The van der Waals surface area contributed by atoms with E-state index in [0.717, 1.165) is 16.7 Å². The van der Waals surface area contributed by atoms with Crippen LogP contribution in [0.1, 0.15) is 49.5 Å². The molecule has 0 saturated carbocycles. The first-order chi connectivity index (χ1) is 23.8. The zero-order chi connectivity index (χ0) is 36.0. The van der Waals surface area contributed by atoms with Crippen LogP contribution in [-0.2, 0) is 42.1 Å². The van der Waals surface area contributed by atoms with E-state index in [4.69, 9.17) is 9.47 Å². The number of nitrogens with zero attached hydrogens (tertiary/aromatic N) is 2. The molecule has 0 radical (unpaired) electrons. The first kappa shape index (κ1) is 36.8. The van der Waals surface area contributed by atoms with Crippen molar-refractivity contribution in [2.45, 2.75) is 62.8 Å². The van der Waals surface area contributed by atoms with E-state index < -0.39 is 34.7 Å². The van der Waals surface area contributed by atoms with Crippen molar-refractivity contribution in [2.75, 3.05) is 26.7 Å². The van der Waals surface area contributed by atoms with Gasteiger partial charge in [0.15, 0.2) is 6.61 Å². The summed E-state index contributed by atoms with van der Waals surface area (Å²) in [5.74, 6) is -1.71. The molecule has 12 heteroatoms. The highest BCUT2D eigenvalue weighted by Gasteiger charge is 2.44. The number of nitrogens with one attached hydrogen (secondary N) is 1. The molecule has 50 heavy (non-hydrogen) atoms. The highest BCUT2D eigenvalue weighted by molar-refractivity contribution is 7.89. The summed E-state index contributed by atoms with van der Waals surface area (Å²) in [4.78, 5) is 39.2. The van der Waals surface area contributed by atoms with E-state index in [0.29, 0.717) is 37.9 Å². The number of rotatable bonds is 13. The van der Waals surface area contributed by atoms with Gasteiger partial charge in [-0.15, -0.1) is 0 Å². The maximum Gasteiger partial charge on any atom is 0.341 e. The van der Waals surface area contributed by atoms with Crippen LogP contribution < -0.4 is 10.1 Å². The van der Waals surface area contributed by atoms with Gasteiger partial charge in [-0.25, -0.2) is 13.2 Å². The second kappa shape index (κ2) is 16.0. The van der Waals surface area contributed by atoms with Crippen LogP contribution in [0.2, 0.25) is 0 Å². The molecule has 11 nitrogen and oxygen atoms in total. The van der Waals surface area contributed by atoms with Crippen LogP contribution in [0.4, 0.5) is 0 Å². The fraction of sp³-hybridized carbons (Fsp3) is 0.395. The monoisotopic (exact) mass is 703 g/mol. The van der Waals surface area contributed by atoms with Crippen LogP contribution in [0, 0.1) is 11.8 Å². The number of ether oxygens (including phenoxy) is 2. The van der Waals surface area contributed by atoms with Crippen molar-refractivity contribution >= 4 is 27.8 Å². The number of hydrogen-bond donors (Lipinski definition) is 2. The molecule has 2 saturated heterocycles. The normalized spacial score (nSPS) is 21.2. The maximum absolute atomic E-state index is 13.8. The Morgan fingerprint density at radius 3 is 2.32 bits per heavy atom. The highest BCUT2D eigenvalue weighted by atomic mass is 32.2. The summed E-state index contributed by atoms with van der Waals surface area (Å²) in [7, 11) is -2.44. The molecule has 2 aliphatic rings. The highest BCUT2D eigenvalue weighted by Crippen LogP contribution is 2.47. The molecular weight excluding hydrogens is 658 g/mol. The van der Waals surface area contributed by atoms with Gasteiger partial charge >= 0.3 is 5.97 Å². The second-order valence-corrected chi connectivity index (χ2v) is 15.2. The van der Waals surface area contributed by atoms with Gasteiger partial charge in [0.05, 0.1) is 17.1 Å². The van der Waals surface area contributed by atoms with Crippen molar-refractivity contribution in [3.63, 3.8) is 0 Å². The Bertz CT molecular complexity index is 1800. The number of amides is 2. The predicted octanol–water partition coefficient (Wildman–Crippen LogP) is 4.59. The minimum Gasteiger partial charge on any atom is -0.482 e. The molecular formula is C38H45N3O8S. The molecule has 5 atom stereocenters. The summed E-state index contributed by atoms with van der Waals surface area (Å²) < 4.78 is 41.3. The van der Waals surface area contributed by atoms with Crippen molar-refractivity contribution in [1.82, 2.24) is 14.5 Å². The van der Waals surface area contributed by atoms with Gasteiger partial charge in [0.25, 0.3) is 0 Å². The molecule has 3 aromatic rings. The Balaban J connectivity index is 1.40. The van der Waals surface area contributed by atoms with Gasteiger partial charge in [-0.1, -0.05) is 72.8 Å². The van der Waals surface area contributed by atoms with Crippen LogP contribution >= 0.6 is 0 Å². The molecule has 0 aromatic heterocycles. The van der Waals surface area contributed by atoms with Crippen LogP contribution in [-0.4, -0.2) is 79.4 Å². The topological polar surface area (TPSA) is 143 Å². The fourth-order valence-electron chi connectivity index (χ4n) is 6.90. The maximum atomic E-state index is 13.8. The molecule has 2 heterocycles. The lowest BCUT2D eigenvalue weighted by atomic mass is 9.76. The Labute approximate surface area is 293 Å². The van der Waals surface area contributed by atoms with E-state index >= 15 is 0 Å². The quantitative estimate of drug-likeness (QED) is 0.246. The van der Waals surface area contributed by atoms with Crippen molar-refractivity contribution < 1.29 is 37.4 Å². The molecule has 0 bridgehead atoms. The average Bonchev–Trinajstić information content (AvgIpc) is 3.09. The Kier molecular flexibility index (Phi) is 11.8. The van der Waals surface area contributed by atoms with E-state index in [1.165, 1.54) is 36.5 Å². The number of carboxylic acid groups (broad SMARTS) is 1. The smallest absolute Gasteiger partial charge is 0.341 e. The molecule has 2 fully saturated rings. The van der Waals surface area contributed by atoms with E-state index in [2.05, 4.69) is 11.9 Å². The molecule has 5 rings (SSSR count). The molecule has 3 aromatic carbocycles. The lowest BCUT2D eigenvalue weighted by Gasteiger charge is -2.47. The van der Waals surface area contributed by atoms with Crippen LogP contribution in [0.25, 0.3) is 0 Å². The minimum atomic E-state index is -3.95. The van der Waals surface area contributed by atoms with Crippen LogP contribution in [0.3, 0.4) is 0 Å². The van der Waals surface area contributed by atoms with Gasteiger partial charge in [-0.2, -0.15) is 4.31 Å². The Morgan fingerprint density at radius 2 is 1.70 bits per heavy atom. The molecule has 2 amide bonds. The predicted molar refractivity (Wildman–Crippen MR) is 188 cm³/mol. The van der Waals surface area contributed by atoms with Gasteiger partial charge in [-0.05, 0) is 49.1 Å². The van der Waals surface area contributed by atoms with Gasteiger partial charge in [-0.3, -0.25) is 9.59 Å². The van der Waals surface area contributed by atoms with Crippen LogP contribution in [0.5, 0.6) is 5.75 Å². The lowest BCUT2D eigenvalue weighted by Crippen LogP contribution is -2.56. The van der Waals surface area contributed by atoms with Gasteiger partial charge in [0.2, 0.25) is 21.8 Å². The summed E-state index contributed by atoms with van der Waals surface area (Å²) in [6.45, 7) is 7.91. The molecule has 2 N–H and O–H groups in total. The van der Waals surface area contributed by atoms with Crippen molar-refractivity contribution in [2.24, 2.45) is 11.8 Å². The largest absolute Gasteiger partial charge is 0.482 e. The lowest BCUT2D eigenvalue weighted by molar-refractivity contribution is -0.154. The SMILES string of the molecule is C=C(C)[C@H]1C[C@@H]2CN(C(=O)[C@H](Cc3ccccc3)NC(C)=O)CC[C@@H]2O[C@@H]1c1cc(S(=O)(=O)N(C)Cc2ccccc2)ccc1OCC(=O)O. The van der Waals surface area contributed by atoms with Crippen LogP contribution in [0.15, 0.2) is 95.9 Å². The summed E-state index contributed by atoms with van der Waals surface area (Å²) in [6.07, 6.45) is 0.564. The van der Waals surface area contributed by atoms with Crippen molar-refractivity contribution in [3.05, 3.63) is 108 Å². The first-order valence-corrected chi connectivity index (χ1v) is 18.2. The van der Waals surface area contributed by atoms with E-state index in [1.54, 1.807) is 4.90 Å². The molecule has 0 unspecified atom stereocenters. The number of hydrogen-bond acceptors (Lipinski definition) is 7. The number of likely N-dealkylation sites (tertiary alicyclic amines) is 1. The Hall–Kier alpha value is -4.52. The minimum absolute atomic E-state index is 0.0302. The van der Waals surface area contributed by atoms with Gasteiger partial charge in [0, 0.05) is 57.4 Å². The summed E-state index contributed by atoms with van der Waals surface area (Å²) in [5.41, 5.74) is 3.00. The third kappa shape index (κ3) is 8.79. The van der Waals surface area contributed by atoms with Gasteiger partial charge in [0.1, 0.15) is 11.8 Å². The zero-order valence-corrected chi connectivity index (χ0v) is 29.5. The Morgan fingerprint density at radius 1 is 1.04 bits per heavy atom. The summed E-state index contributed by atoms with van der Waals surface area (Å²) >= 11 is 0. The first-order valence-electron chi connectivity index (χ1n) is 16.7. The summed E-state index contributed by atoms with van der Waals surface area (Å²) in [6, 6.07) is 22.5. The number of carbonyl (C=O) groups is 3. The number of benzene rings is 3. The number of sulfonamides is 1. The third-order valence-corrected chi connectivity index (χ3v) is 11.2. The number of aliphatic carboxylic acids is 1. The van der Waals surface area contributed by atoms with Crippen molar-refractivity contribution in [1.29, 1.82) is 0 Å². The van der Waals surface area contributed by atoms with E-state index in [1.807, 2.05) is 67.6 Å². The third-order valence-electron chi connectivity index (χ3n) is 9.41. The summed E-state index contributed by atoms with van der Waals surface area (Å²) in [5, 5.41) is 12.2. The number of fused-ring (bicyclic) bond motifs is 1. The molecule has 0 aliphatic carbocycles. The zero-order valence-electron chi connectivity index (χ0n) is 28.7. The van der Waals surface area contributed by atoms with Gasteiger partial charge < -0.3 is 24.8 Å². The molecule has 0 spiro atoms. The number of carbonyl (C=O) groups excluding carboxylic acids is 2. The molecule has 2 aliphatic heterocycles. The fourth-order valence-corrected chi connectivity index (χ4v) is 8.10. The number of carboxylic acids is 1. The van der Waals surface area contributed by atoms with Crippen molar-refractivity contribution in [3.8, 4) is 5.75 Å². The second-order valence-electron chi connectivity index (χ2n) is 13.2. The molecule has 266 valence electrons. The average molecular weight is 704 g/mol. The number of piperidine rings is 1.